The average Bonchev–Trinajstić information content (AvgIpc) is 2.35. The normalized spacial score (nSPS) is 9.94. The van der Waals surface area contributed by atoms with Crippen LogP contribution in [0, 0.1) is 0 Å². The number of ether oxygens (including phenoxy) is 1. The summed E-state index contributed by atoms with van der Waals surface area (Å²) < 4.78 is 5.48. The summed E-state index contributed by atoms with van der Waals surface area (Å²) >= 11 is 2.24. The van der Waals surface area contributed by atoms with Gasteiger partial charge in [0.05, 0.1) is 19.4 Å². The number of hydrogen-bond donors (Lipinski definition) is 0. The molecule has 5 heteroatoms. The first-order valence-electron chi connectivity index (χ1n) is 4.89. The molecule has 1 aromatic rings. The minimum absolute atomic E-state index is 0.407. The Kier molecular flexibility index (Phi) is 5.54. The van der Waals surface area contributed by atoms with Gasteiger partial charge in [-0.15, -0.1) is 0 Å². The lowest BCUT2D eigenvalue weighted by Crippen LogP contribution is -2.31. The number of hydrogen-bond acceptors (Lipinski definition) is 3. The average molecular weight is 335 g/mol. The van der Waals surface area contributed by atoms with Gasteiger partial charge < -0.3 is 4.74 Å². The number of para-hydroxylation sites is 1. The third kappa shape index (κ3) is 3.08. The molecule has 0 aliphatic rings. The van der Waals surface area contributed by atoms with Crippen LogP contribution in [-0.4, -0.2) is 19.8 Å². The van der Waals surface area contributed by atoms with Crippen molar-refractivity contribution in [3.63, 3.8) is 0 Å². The molecule has 0 saturated carbocycles. The molecule has 0 unspecified atom stereocenters. The third-order valence-electron chi connectivity index (χ3n) is 1.95. The molecule has 0 radical (unpaired) electrons. The number of carbonyl (C=O) groups excluding carboxylic acids is 1. The van der Waals surface area contributed by atoms with Gasteiger partial charge in [-0.3, -0.25) is 4.84 Å². The minimum Gasteiger partial charge on any atom is -0.451 e. The van der Waals surface area contributed by atoms with E-state index in [1.807, 2.05) is 31.2 Å². The van der Waals surface area contributed by atoms with Crippen LogP contribution >= 0.6 is 22.6 Å². The van der Waals surface area contributed by atoms with E-state index in [4.69, 9.17) is 4.84 Å². The van der Waals surface area contributed by atoms with E-state index in [1.165, 1.54) is 12.2 Å². The molecule has 4 nitrogen and oxygen atoms in total. The van der Waals surface area contributed by atoms with Gasteiger partial charge in [-0.05, 0) is 18.6 Å². The third-order valence-corrected chi connectivity index (χ3v) is 2.77. The lowest BCUT2D eigenvalue weighted by atomic mass is 10.2. The smallest absolute Gasteiger partial charge is 0.438 e. The van der Waals surface area contributed by atoms with Crippen molar-refractivity contribution in [2.45, 2.75) is 11.4 Å². The lowest BCUT2D eigenvalue weighted by molar-refractivity contribution is 0.0921. The molecule has 0 aliphatic heterocycles. The number of methoxy groups -OCH3 is 1. The van der Waals surface area contributed by atoms with Crippen LogP contribution in [0.3, 0.4) is 0 Å². The maximum atomic E-state index is 11.5. The van der Waals surface area contributed by atoms with Crippen molar-refractivity contribution in [1.82, 2.24) is 0 Å². The molecule has 0 saturated heterocycles. The number of amides is 1. The number of hydroxylamine groups is 1. The van der Waals surface area contributed by atoms with Crippen molar-refractivity contribution in [2.75, 3.05) is 18.8 Å². The summed E-state index contributed by atoms with van der Waals surface area (Å²) in [6.07, 6.45) is -0.515. The van der Waals surface area contributed by atoms with Crippen molar-refractivity contribution in [3.05, 3.63) is 29.8 Å². The van der Waals surface area contributed by atoms with Gasteiger partial charge in [0.15, 0.2) is 0 Å². The maximum Gasteiger partial charge on any atom is 0.438 e. The topological polar surface area (TPSA) is 38.8 Å². The quantitative estimate of drug-likeness (QED) is 0.482. The SMILES string of the molecule is CCON(C(=O)OC)c1ccccc1CI. The summed E-state index contributed by atoms with van der Waals surface area (Å²) in [6.45, 7) is 2.23. The predicted octanol–water partition coefficient (Wildman–Crippen LogP) is 3.15. The Morgan fingerprint density at radius 3 is 2.69 bits per heavy atom. The highest BCUT2D eigenvalue weighted by Crippen LogP contribution is 2.23. The molecule has 88 valence electrons. The van der Waals surface area contributed by atoms with Crippen molar-refractivity contribution in [1.29, 1.82) is 0 Å². The number of halogens is 1. The Morgan fingerprint density at radius 2 is 2.12 bits per heavy atom. The highest BCUT2D eigenvalue weighted by molar-refractivity contribution is 14.1. The molecule has 0 N–H and O–H groups in total. The van der Waals surface area contributed by atoms with E-state index in [0.29, 0.717) is 6.61 Å². The highest BCUT2D eigenvalue weighted by atomic mass is 127. The maximum absolute atomic E-state index is 11.5. The second-order valence-corrected chi connectivity index (χ2v) is 3.71. The molecule has 1 aromatic carbocycles. The second-order valence-electron chi connectivity index (χ2n) is 2.94. The van der Waals surface area contributed by atoms with Crippen LogP contribution in [0.15, 0.2) is 24.3 Å². The van der Waals surface area contributed by atoms with Crippen molar-refractivity contribution < 1.29 is 14.4 Å². The second kappa shape index (κ2) is 6.70. The molecule has 0 bridgehead atoms. The molecule has 0 spiro atoms. The molecule has 0 aromatic heterocycles. The van der Waals surface area contributed by atoms with Crippen LogP contribution in [0.2, 0.25) is 0 Å². The zero-order valence-electron chi connectivity index (χ0n) is 9.27. The van der Waals surface area contributed by atoms with Gasteiger partial charge in [0, 0.05) is 4.43 Å². The largest absolute Gasteiger partial charge is 0.451 e. The molecule has 16 heavy (non-hydrogen) atoms. The first-order chi connectivity index (χ1) is 7.74. The van der Waals surface area contributed by atoms with Gasteiger partial charge in [0.1, 0.15) is 0 Å². The molecule has 0 heterocycles. The highest BCUT2D eigenvalue weighted by Gasteiger charge is 2.19. The summed E-state index contributed by atoms with van der Waals surface area (Å²) in [5, 5.41) is 1.19. The lowest BCUT2D eigenvalue weighted by Gasteiger charge is -2.21. The van der Waals surface area contributed by atoms with Crippen LogP contribution in [-0.2, 0) is 14.0 Å². The Bertz CT molecular complexity index is 357. The number of nitrogens with zero attached hydrogens (tertiary/aromatic N) is 1. The number of anilines is 1. The Morgan fingerprint density at radius 1 is 1.44 bits per heavy atom. The molecule has 0 fully saturated rings. The van der Waals surface area contributed by atoms with Crippen molar-refractivity contribution in [2.24, 2.45) is 0 Å². The van der Waals surface area contributed by atoms with E-state index in [-0.39, 0.29) is 0 Å². The van der Waals surface area contributed by atoms with Gasteiger partial charge in [-0.25, -0.2) is 4.79 Å². The van der Waals surface area contributed by atoms with Crippen molar-refractivity contribution >= 4 is 34.4 Å². The number of rotatable bonds is 4. The molecule has 0 atom stereocenters. The zero-order chi connectivity index (χ0) is 12.0. The van der Waals surface area contributed by atoms with Crippen LogP contribution in [0.4, 0.5) is 10.5 Å². The van der Waals surface area contributed by atoms with Gasteiger partial charge in [-0.2, -0.15) is 5.06 Å². The minimum atomic E-state index is -0.515. The summed E-state index contributed by atoms with van der Waals surface area (Å²) in [5.41, 5.74) is 1.76. The summed E-state index contributed by atoms with van der Waals surface area (Å²) in [4.78, 5) is 16.8. The van der Waals surface area contributed by atoms with E-state index in [9.17, 15) is 4.79 Å². The van der Waals surface area contributed by atoms with Gasteiger partial charge >= 0.3 is 6.09 Å². The monoisotopic (exact) mass is 335 g/mol. The fraction of sp³-hybridized carbons (Fsp3) is 0.364. The summed E-state index contributed by atoms with van der Waals surface area (Å²) in [5.74, 6) is 0. The number of alkyl halides is 1. The van der Waals surface area contributed by atoms with Crippen LogP contribution in [0.5, 0.6) is 0 Å². The Hall–Kier alpha value is -0.820. The van der Waals surface area contributed by atoms with E-state index in [0.717, 1.165) is 15.7 Å². The van der Waals surface area contributed by atoms with E-state index < -0.39 is 6.09 Å². The Balaban J connectivity index is 3.04. The van der Waals surface area contributed by atoms with Gasteiger partial charge in [0.25, 0.3) is 0 Å². The van der Waals surface area contributed by atoms with Crippen molar-refractivity contribution in [3.8, 4) is 0 Å². The molecular weight excluding hydrogens is 321 g/mol. The molecule has 1 amide bonds. The fourth-order valence-corrected chi connectivity index (χ4v) is 1.90. The fourth-order valence-electron chi connectivity index (χ4n) is 1.25. The van der Waals surface area contributed by atoms with Crippen LogP contribution in [0.1, 0.15) is 12.5 Å². The standard InChI is InChI=1S/C11H14INO3/c1-3-16-13(11(14)15-2)10-7-5-4-6-9(10)8-12/h4-7H,3,8H2,1-2H3. The van der Waals surface area contributed by atoms with Crippen LogP contribution in [0.25, 0.3) is 0 Å². The van der Waals surface area contributed by atoms with Gasteiger partial charge in [0.2, 0.25) is 0 Å². The summed E-state index contributed by atoms with van der Waals surface area (Å²) in [6, 6.07) is 7.58. The molecule has 0 aliphatic carbocycles. The van der Waals surface area contributed by atoms with Crippen LogP contribution < -0.4 is 5.06 Å². The number of benzene rings is 1. The Labute approximate surface area is 109 Å². The first-order valence-corrected chi connectivity index (χ1v) is 6.42. The molecule has 1 rings (SSSR count). The van der Waals surface area contributed by atoms with Gasteiger partial charge in [-0.1, -0.05) is 40.8 Å². The summed E-state index contributed by atoms with van der Waals surface area (Å²) in [7, 11) is 1.33. The predicted molar refractivity (Wildman–Crippen MR) is 70.7 cm³/mol. The van der Waals surface area contributed by atoms with E-state index in [2.05, 4.69) is 27.3 Å². The zero-order valence-corrected chi connectivity index (χ0v) is 11.4. The van der Waals surface area contributed by atoms with E-state index >= 15 is 0 Å². The van der Waals surface area contributed by atoms with E-state index in [1.54, 1.807) is 0 Å². The molecular formula is C11H14INO3. The first kappa shape index (κ1) is 13.2. The number of carbonyl (C=O) groups is 1.